The molecule has 0 aliphatic heterocycles. The average molecular weight is 304 g/mol. The molecule has 1 rings (SSSR count). The van der Waals surface area contributed by atoms with Crippen molar-refractivity contribution < 1.29 is 17.6 Å². The number of alkyl halides is 4. The van der Waals surface area contributed by atoms with Gasteiger partial charge in [0.25, 0.3) is 0 Å². The Hall–Kier alpha value is -0.330. The van der Waals surface area contributed by atoms with E-state index in [0.717, 1.165) is 12.1 Å². The van der Waals surface area contributed by atoms with Gasteiger partial charge in [-0.25, -0.2) is 4.39 Å². The van der Waals surface area contributed by atoms with Crippen molar-refractivity contribution in [3.63, 3.8) is 0 Å². The van der Waals surface area contributed by atoms with Crippen molar-refractivity contribution >= 4 is 22.6 Å². The third kappa shape index (κ3) is 2.55. The highest BCUT2D eigenvalue weighted by atomic mass is 127. The highest BCUT2D eigenvalue weighted by Crippen LogP contribution is 2.33. The summed E-state index contributed by atoms with van der Waals surface area (Å²) in [5.74, 6) is -0.860. The first kappa shape index (κ1) is 10.7. The second-order valence-electron chi connectivity index (χ2n) is 2.43. The Morgan fingerprint density at radius 2 is 1.85 bits per heavy atom. The summed E-state index contributed by atoms with van der Waals surface area (Å²) in [7, 11) is 0. The lowest BCUT2D eigenvalue weighted by Gasteiger charge is -2.10. The number of benzene rings is 1. The van der Waals surface area contributed by atoms with E-state index in [0.29, 0.717) is 6.07 Å². The molecule has 0 nitrogen and oxygen atoms in total. The van der Waals surface area contributed by atoms with Gasteiger partial charge < -0.3 is 0 Å². The fraction of sp³-hybridized carbons (Fsp3) is 0.250. The Morgan fingerprint density at radius 1 is 1.23 bits per heavy atom. The van der Waals surface area contributed by atoms with Crippen LogP contribution in [-0.2, 0) is 10.6 Å². The summed E-state index contributed by atoms with van der Waals surface area (Å²) in [5, 5.41) is 0. The summed E-state index contributed by atoms with van der Waals surface area (Å²) < 4.78 is 49.5. The normalized spacial score (nSPS) is 11.8. The van der Waals surface area contributed by atoms with Crippen LogP contribution in [0, 0.1) is 5.82 Å². The molecule has 72 valence electrons. The Bertz CT molecular complexity index is 306. The zero-order chi connectivity index (χ0) is 10.1. The minimum Gasteiger partial charge on any atom is -0.207 e. The van der Waals surface area contributed by atoms with Gasteiger partial charge >= 0.3 is 6.18 Å². The molecule has 0 saturated carbocycles. The van der Waals surface area contributed by atoms with Crippen molar-refractivity contribution in [1.29, 1.82) is 0 Å². The standard InChI is InChI=1S/C8H5F4I/c9-6-2-1-5(4-13)7(3-6)8(10,11)12/h1-3H,4H2. The van der Waals surface area contributed by atoms with E-state index < -0.39 is 17.6 Å². The number of halogens is 5. The van der Waals surface area contributed by atoms with Crippen LogP contribution in [0.25, 0.3) is 0 Å². The van der Waals surface area contributed by atoms with Crippen LogP contribution in [0.1, 0.15) is 11.1 Å². The van der Waals surface area contributed by atoms with Crippen molar-refractivity contribution in [2.24, 2.45) is 0 Å². The SMILES string of the molecule is Fc1ccc(CI)c(C(F)(F)F)c1. The third-order valence-electron chi connectivity index (χ3n) is 1.52. The smallest absolute Gasteiger partial charge is 0.207 e. The van der Waals surface area contributed by atoms with Crippen LogP contribution in [0.5, 0.6) is 0 Å². The first-order chi connectivity index (χ1) is 5.95. The minimum atomic E-state index is -4.47. The van der Waals surface area contributed by atoms with Gasteiger partial charge in [-0.15, -0.1) is 0 Å². The Balaban J connectivity index is 3.24. The van der Waals surface area contributed by atoms with E-state index in [2.05, 4.69) is 0 Å². The van der Waals surface area contributed by atoms with E-state index >= 15 is 0 Å². The van der Waals surface area contributed by atoms with Crippen LogP contribution in [0.2, 0.25) is 0 Å². The molecule has 0 fully saturated rings. The summed E-state index contributed by atoms with van der Waals surface area (Å²) in [6, 6.07) is 2.71. The van der Waals surface area contributed by atoms with Crippen LogP contribution in [0.4, 0.5) is 17.6 Å². The lowest BCUT2D eigenvalue weighted by Crippen LogP contribution is -2.08. The van der Waals surface area contributed by atoms with Crippen molar-refractivity contribution in [3.8, 4) is 0 Å². The summed E-state index contributed by atoms with van der Waals surface area (Å²) in [5.41, 5.74) is -0.781. The zero-order valence-corrected chi connectivity index (χ0v) is 8.49. The molecule has 0 unspecified atom stereocenters. The van der Waals surface area contributed by atoms with Crippen LogP contribution in [0.3, 0.4) is 0 Å². The molecule has 0 N–H and O–H groups in total. The fourth-order valence-electron chi connectivity index (χ4n) is 0.929. The van der Waals surface area contributed by atoms with Gasteiger partial charge in [-0.3, -0.25) is 0 Å². The summed E-state index contributed by atoms with van der Waals surface area (Å²) in [6.45, 7) is 0. The monoisotopic (exact) mass is 304 g/mol. The van der Waals surface area contributed by atoms with Crippen LogP contribution >= 0.6 is 22.6 Å². The topological polar surface area (TPSA) is 0 Å². The first-order valence-corrected chi connectivity index (χ1v) is 4.89. The van der Waals surface area contributed by atoms with Crippen LogP contribution in [-0.4, -0.2) is 0 Å². The van der Waals surface area contributed by atoms with Crippen LogP contribution in [0.15, 0.2) is 18.2 Å². The number of hydrogen-bond acceptors (Lipinski definition) is 0. The van der Waals surface area contributed by atoms with E-state index in [1.165, 1.54) is 0 Å². The molecule has 0 heterocycles. The Morgan fingerprint density at radius 3 is 2.31 bits per heavy atom. The molecule has 1 aromatic carbocycles. The predicted octanol–water partition coefficient (Wildman–Crippen LogP) is 3.78. The molecule has 0 aliphatic rings. The Kier molecular flexibility index (Phi) is 3.15. The van der Waals surface area contributed by atoms with E-state index in [-0.39, 0.29) is 9.99 Å². The molecule has 1 aromatic rings. The molecule has 0 aliphatic carbocycles. The molecule has 0 saturated heterocycles. The zero-order valence-electron chi connectivity index (χ0n) is 6.33. The molecule has 0 radical (unpaired) electrons. The molecule has 0 spiro atoms. The third-order valence-corrected chi connectivity index (χ3v) is 2.34. The molecule has 0 amide bonds. The second kappa shape index (κ2) is 3.81. The van der Waals surface area contributed by atoms with Gasteiger partial charge in [0.2, 0.25) is 0 Å². The van der Waals surface area contributed by atoms with Gasteiger partial charge in [0.15, 0.2) is 0 Å². The Labute approximate surface area is 86.1 Å². The average Bonchev–Trinajstić information content (AvgIpc) is 2.03. The molecule has 13 heavy (non-hydrogen) atoms. The summed E-state index contributed by atoms with van der Waals surface area (Å²) in [6.07, 6.45) is -4.47. The van der Waals surface area contributed by atoms with Crippen molar-refractivity contribution in [3.05, 3.63) is 35.1 Å². The van der Waals surface area contributed by atoms with Gasteiger partial charge in [-0.05, 0) is 17.7 Å². The quantitative estimate of drug-likeness (QED) is 0.421. The molecule has 0 aromatic heterocycles. The second-order valence-corrected chi connectivity index (χ2v) is 3.20. The summed E-state index contributed by atoms with van der Waals surface area (Å²) >= 11 is 1.81. The number of rotatable bonds is 1. The van der Waals surface area contributed by atoms with E-state index in [9.17, 15) is 17.6 Å². The fourth-order valence-corrected chi connectivity index (χ4v) is 1.59. The van der Waals surface area contributed by atoms with Crippen molar-refractivity contribution in [2.75, 3.05) is 0 Å². The molecular formula is C8H5F4I. The van der Waals surface area contributed by atoms with Crippen LogP contribution < -0.4 is 0 Å². The van der Waals surface area contributed by atoms with Crippen molar-refractivity contribution in [1.82, 2.24) is 0 Å². The first-order valence-electron chi connectivity index (χ1n) is 3.36. The predicted molar refractivity (Wildman–Crippen MR) is 49.1 cm³/mol. The van der Waals surface area contributed by atoms with Gasteiger partial charge in [0.1, 0.15) is 5.82 Å². The summed E-state index contributed by atoms with van der Waals surface area (Å²) in [4.78, 5) is 0. The maximum Gasteiger partial charge on any atom is 0.416 e. The molecule has 0 atom stereocenters. The maximum atomic E-state index is 12.5. The van der Waals surface area contributed by atoms with Gasteiger partial charge in [0.05, 0.1) is 5.56 Å². The highest BCUT2D eigenvalue weighted by molar-refractivity contribution is 14.1. The van der Waals surface area contributed by atoms with E-state index in [1.807, 2.05) is 22.6 Å². The molecular weight excluding hydrogens is 299 g/mol. The molecule has 5 heteroatoms. The van der Waals surface area contributed by atoms with E-state index in [1.54, 1.807) is 0 Å². The van der Waals surface area contributed by atoms with Crippen molar-refractivity contribution in [2.45, 2.75) is 10.6 Å². The van der Waals surface area contributed by atoms with Gasteiger partial charge in [-0.1, -0.05) is 28.7 Å². The lowest BCUT2D eigenvalue weighted by atomic mass is 10.1. The van der Waals surface area contributed by atoms with Gasteiger partial charge in [-0.2, -0.15) is 13.2 Å². The molecule has 0 bridgehead atoms. The minimum absolute atomic E-state index is 0.106. The maximum absolute atomic E-state index is 12.5. The largest absolute Gasteiger partial charge is 0.416 e. The highest BCUT2D eigenvalue weighted by Gasteiger charge is 2.33. The van der Waals surface area contributed by atoms with Gasteiger partial charge in [0, 0.05) is 4.43 Å². The van der Waals surface area contributed by atoms with E-state index in [4.69, 9.17) is 0 Å². The number of hydrogen-bond donors (Lipinski definition) is 0. The lowest BCUT2D eigenvalue weighted by molar-refractivity contribution is -0.138.